The number of imidazole rings is 1. The van der Waals surface area contributed by atoms with Crippen LogP contribution in [-0.2, 0) is 29.9 Å². The molecule has 4 N–H and O–H groups in total. The Bertz CT molecular complexity index is 1340. The van der Waals surface area contributed by atoms with Gasteiger partial charge in [-0.05, 0) is 29.9 Å². The van der Waals surface area contributed by atoms with Crippen LogP contribution in [-0.4, -0.2) is 73.5 Å². The van der Waals surface area contributed by atoms with E-state index in [0.717, 1.165) is 37.6 Å². The Morgan fingerprint density at radius 3 is 2.94 bits per heavy atom. The van der Waals surface area contributed by atoms with Crippen molar-refractivity contribution in [2.75, 3.05) is 18.4 Å². The average molecular weight is 534 g/mol. The number of carbonyl (C=O) groups is 1. The number of ketones is 1. The van der Waals surface area contributed by atoms with Gasteiger partial charge in [-0.2, -0.15) is 13.1 Å². The zero-order valence-corrected chi connectivity index (χ0v) is 21.0. The van der Waals surface area contributed by atoms with Gasteiger partial charge in [0.15, 0.2) is 0 Å². The quantitative estimate of drug-likeness (QED) is 0.230. The van der Waals surface area contributed by atoms with Gasteiger partial charge in [-0.3, -0.25) is 14.2 Å². The second kappa shape index (κ2) is 10.3. The molecule has 0 aromatic carbocycles. The minimum Gasteiger partial charge on any atom is -0.393 e. The number of nitrogens with one attached hydrogen (secondary N) is 2. The molecule has 2 aliphatic rings. The molecule has 0 bridgehead atoms. The minimum absolute atomic E-state index is 0.0787. The number of aliphatic hydroxyl groups is 1. The molecule has 0 amide bonds. The Morgan fingerprint density at radius 1 is 1.25 bits per heavy atom. The van der Waals surface area contributed by atoms with Crippen LogP contribution in [0.15, 0.2) is 36.4 Å². The molecule has 3 atom stereocenters. The van der Waals surface area contributed by atoms with Crippen molar-refractivity contribution >= 4 is 33.2 Å². The van der Waals surface area contributed by atoms with E-state index in [9.17, 15) is 18.3 Å². The van der Waals surface area contributed by atoms with E-state index in [-0.39, 0.29) is 24.3 Å². The summed E-state index contributed by atoms with van der Waals surface area (Å²) in [5.74, 6) is 0.844. The molecule has 0 spiro atoms. The first-order chi connectivity index (χ1) is 17.2. The SMILES string of the molecule is O=C(c1cc(CN2CCn3ccnc3C2)cs1)c1cncnc1N[C@@H]1C[C@H](CNS(=O)(=O)O)[C@@H](O)C1. The summed E-state index contributed by atoms with van der Waals surface area (Å²) in [5.41, 5.74) is 1.39. The third kappa shape index (κ3) is 5.79. The number of rotatable bonds is 9. The van der Waals surface area contributed by atoms with Gasteiger partial charge in [0.2, 0.25) is 5.78 Å². The largest absolute Gasteiger partial charge is 0.393 e. The molecular formula is C22H27N7O5S2. The first kappa shape index (κ1) is 24.9. The maximum absolute atomic E-state index is 13.3. The van der Waals surface area contributed by atoms with Gasteiger partial charge in [-0.15, -0.1) is 11.3 Å². The van der Waals surface area contributed by atoms with E-state index >= 15 is 0 Å². The van der Waals surface area contributed by atoms with Crippen LogP contribution in [0.4, 0.5) is 5.82 Å². The van der Waals surface area contributed by atoms with Crippen LogP contribution < -0.4 is 10.0 Å². The van der Waals surface area contributed by atoms with E-state index in [4.69, 9.17) is 4.55 Å². The summed E-state index contributed by atoms with van der Waals surface area (Å²) in [7, 11) is -4.33. The standard InChI is InChI=1S/C22H27N7O5S2/c30-18-7-16(6-15(18)8-26-36(32,33)34)27-22-17(9-23-13-25-22)21(31)19-5-14(12-35-19)10-28-3-4-29-2-1-24-20(29)11-28/h1-2,5,9,12-13,15-16,18,26,30H,3-4,6-8,10-11H2,(H,23,25,27)(H,32,33,34)/t15-,16-,18+/m1/s1. The maximum atomic E-state index is 13.3. The number of hydrogen-bond acceptors (Lipinski definition) is 10. The topological polar surface area (TPSA) is 163 Å². The zero-order chi connectivity index (χ0) is 25.3. The highest BCUT2D eigenvalue weighted by atomic mass is 32.2. The van der Waals surface area contributed by atoms with Crippen molar-refractivity contribution in [1.29, 1.82) is 0 Å². The molecule has 5 rings (SSSR count). The smallest absolute Gasteiger partial charge is 0.333 e. The van der Waals surface area contributed by atoms with E-state index in [1.54, 1.807) is 0 Å². The third-order valence-electron chi connectivity index (χ3n) is 6.59. The minimum atomic E-state index is -4.33. The lowest BCUT2D eigenvalue weighted by Crippen LogP contribution is -2.33. The molecule has 0 radical (unpaired) electrons. The maximum Gasteiger partial charge on any atom is 0.333 e. The molecule has 14 heteroatoms. The lowest BCUT2D eigenvalue weighted by atomic mass is 10.1. The Kier molecular flexibility index (Phi) is 7.14. The van der Waals surface area contributed by atoms with Crippen LogP contribution in [0.1, 0.15) is 39.5 Å². The molecule has 3 aromatic heterocycles. The van der Waals surface area contributed by atoms with E-state index < -0.39 is 16.4 Å². The van der Waals surface area contributed by atoms with Crippen LogP contribution in [0.5, 0.6) is 0 Å². The van der Waals surface area contributed by atoms with Gasteiger partial charge in [-0.1, -0.05) is 0 Å². The summed E-state index contributed by atoms with van der Waals surface area (Å²) in [6, 6.07) is 1.68. The molecule has 1 fully saturated rings. The number of carbonyl (C=O) groups excluding carboxylic acids is 1. The van der Waals surface area contributed by atoms with Crippen LogP contribution in [0.3, 0.4) is 0 Å². The molecule has 36 heavy (non-hydrogen) atoms. The van der Waals surface area contributed by atoms with Crippen LogP contribution in [0.2, 0.25) is 0 Å². The lowest BCUT2D eigenvalue weighted by molar-refractivity contribution is 0.104. The van der Waals surface area contributed by atoms with E-state index in [0.29, 0.717) is 29.1 Å². The van der Waals surface area contributed by atoms with Crippen molar-refractivity contribution in [2.45, 2.75) is 44.6 Å². The Morgan fingerprint density at radius 2 is 2.11 bits per heavy atom. The number of nitrogens with zero attached hydrogens (tertiary/aromatic N) is 5. The first-order valence-electron chi connectivity index (χ1n) is 11.6. The van der Waals surface area contributed by atoms with Gasteiger partial charge in [0, 0.05) is 56.7 Å². The molecule has 192 valence electrons. The molecule has 1 aliphatic heterocycles. The van der Waals surface area contributed by atoms with E-state index in [2.05, 4.69) is 29.7 Å². The number of anilines is 1. The normalized spacial score (nSPS) is 22.4. The Balaban J connectivity index is 1.23. The van der Waals surface area contributed by atoms with Gasteiger partial charge >= 0.3 is 10.3 Å². The summed E-state index contributed by atoms with van der Waals surface area (Å²) in [5, 5.41) is 15.5. The number of thiophene rings is 1. The van der Waals surface area contributed by atoms with Crippen molar-refractivity contribution in [3.05, 3.63) is 58.2 Å². The fourth-order valence-corrected chi connectivity index (χ4v) is 6.07. The third-order valence-corrected chi connectivity index (χ3v) is 8.10. The summed E-state index contributed by atoms with van der Waals surface area (Å²) in [6.45, 7) is 3.22. The molecule has 4 heterocycles. The molecule has 3 aromatic rings. The number of aromatic nitrogens is 4. The average Bonchev–Trinajstić information content (AvgIpc) is 3.57. The van der Waals surface area contributed by atoms with E-state index in [1.165, 1.54) is 23.9 Å². The monoisotopic (exact) mass is 533 g/mol. The highest BCUT2D eigenvalue weighted by molar-refractivity contribution is 7.83. The molecular weight excluding hydrogens is 506 g/mol. The fraction of sp³-hybridized carbons (Fsp3) is 0.455. The molecule has 1 saturated carbocycles. The van der Waals surface area contributed by atoms with Gasteiger partial charge in [0.1, 0.15) is 18.0 Å². The Hall–Kier alpha value is -2.75. The summed E-state index contributed by atoms with van der Waals surface area (Å²) in [6.07, 6.45) is 6.67. The summed E-state index contributed by atoms with van der Waals surface area (Å²) in [4.78, 5) is 28.9. The number of aliphatic hydroxyl groups excluding tert-OH is 1. The van der Waals surface area contributed by atoms with Gasteiger partial charge in [-0.25, -0.2) is 15.0 Å². The van der Waals surface area contributed by atoms with Crippen molar-refractivity contribution in [3.8, 4) is 0 Å². The van der Waals surface area contributed by atoms with Crippen LogP contribution >= 0.6 is 11.3 Å². The van der Waals surface area contributed by atoms with Gasteiger partial charge in [0.05, 0.1) is 23.1 Å². The van der Waals surface area contributed by atoms with Crippen LogP contribution in [0, 0.1) is 5.92 Å². The lowest BCUT2D eigenvalue weighted by Gasteiger charge is -2.27. The summed E-state index contributed by atoms with van der Waals surface area (Å²) >= 11 is 1.38. The molecule has 12 nitrogen and oxygen atoms in total. The summed E-state index contributed by atoms with van der Waals surface area (Å²) < 4.78 is 35.0. The first-order valence-corrected chi connectivity index (χ1v) is 13.9. The fourth-order valence-electron chi connectivity index (χ4n) is 4.78. The van der Waals surface area contributed by atoms with Crippen molar-refractivity contribution in [2.24, 2.45) is 5.92 Å². The predicted octanol–water partition coefficient (Wildman–Crippen LogP) is 0.925. The second-order valence-electron chi connectivity index (χ2n) is 9.14. The zero-order valence-electron chi connectivity index (χ0n) is 19.3. The van der Waals surface area contributed by atoms with Gasteiger partial charge in [0.25, 0.3) is 0 Å². The van der Waals surface area contributed by atoms with Crippen LogP contribution in [0.25, 0.3) is 0 Å². The predicted molar refractivity (Wildman–Crippen MR) is 132 cm³/mol. The van der Waals surface area contributed by atoms with Crippen molar-refractivity contribution in [3.63, 3.8) is 0 Å². The van der Waals surface area contributed by atoms with Gasteiger partial charge < -0.3 is 15.0 Å². The molecule has 0 unspecified atom stereocenters. The van der Waals surface area contributed by atoms with E-state index in [1.807, 2.05) is 28.6 Å². The second-order valence-corrected chi connectivity index (χ2v) is 11.3. The van der Waals surface area contributed by atoms with Crippen molar-refractivity contribution < 1.29 is 22.9 Å². The Labute approximate surface area is 212 Å². The highest BCUT2D eigenvalue weighted by Gasteiger charge is 2.34. The van der Waals surface area contributed by atoms with Crippen molar-refractivity contribution in [1.82, 2.24) is 29.1 Å². The molecule has 1 aliphatic carbocycles. The number of hydrogen-bond donors (Lipinski definition) is 4. The highest BCUT2D eigenvalue weighted by Crippen LogP contribution is 2.30. The molecule has 0 saturated heterocycles. The number of fused-ring (bicyclic) bond motifs is 1.